The van der Waals surface area contributed by atoms with E-state index in [4.69, 9.17) is 0 Å². The molecule has 4 rings (SSSR count). The molecule has 0 N–H and O–H groups in total. The van der Waals surface area contributed by atoms with E-state index in [1.54, 1.807) is 48.7 Å². The van der Waals surface area contributed by atoms with Crippen LogP contribution < -0.4 is 5.56 Å². The van der Waals surface area contributed by atoms with E-state index in [0.29, 0.717) is 32.8 Å². The Morgan fingerprint density at radius 2 is 1.72 bits per heavy atom. The first-order valence-electron chi connectivity index (χ1n) is 8.60. The molecule has 1 unspecified atom stereocenters. The fourth-order valence-corrected chi connectivity index (χ4v) is 4.18. The van der Waals surface area contributed by atoms with Gasteiger partial charge in [-0.15, -0.1) is 11.3 Å². The smallest absolute Gasteiger partial charge is 0.280 e. The lowest BCUT2D eigenvalue weighted by Gasteiger charge is -2.13. The van der Waals surface area contributed by atoms with E-state index in [1.165, 1.54) is 28.2 Å². The number of benzene rings is 2. The molecule has 1 atom stereocenters. The van der Waals surface area contributed by atoms with E-state index < -0.39 is 16.9 Å². The van der Waals surface area contributed by atoms with E-state index in [2.05, 4.69) is 5.10 Å². The van der Waals surface area contributed by atoms with E-state index >= 15 is 0 Å². The predicted octanol–water partition coefficient (Wildman–Crippen LogP) is 4.15. The van der Waals surface area contributed by atoms with E-state index in [1.807, 2.05) is 11.4 Å². The van der Waals surface area contributed by atoms with Gasteiger partial charge in [-0.1, -0.05) is 47.5 Å². The SMILES string of the molecule is O=c1c(-c2ccc(F)cc2)c(-c2ccc(CS(=O)[O-])cc2)cnn1-c1cccs1. The molecule has 0 spiro atoms. The van der Waals surface area contributed by atoms with Crippen molar-refractivity contribution in [1.82, 2.24) is 9.78 Å². The van der Waals surface area contributed by atoms with E-state index in [-0.39, 0.29) is 11.3 Å². The van der Waals surface area contributed by atoms with Gasteiger partial charge in [0.05, 0.1) is 11.8 Å². The lowest BCUT2D eigenvalue weighted by molar-refractivity contribution is 0.536. The van der Waals surface area contributed by atoms with Crippen LogP contribution >= 0.6 is 11.3 Å². The molecule has 0 saturated carbocycles. The van der Waals surface area contributed by atoms with Crippen molar-refractivity contribution in [1.29, 1.82) is 0 Å². The van der Waals surface area contributed by atoms with Gasteiger partial charge in [-0.05, 0) is 46.3 Å². The Morgan fingerprint density at radius 3 is 2.34 bits per heavy atom. The zero-order valence-electron chi connectivity index (χ0n) is 14.9. The molecule has 29 heavy (non-hydrogen) atoms. The molecule has 146 valence electrons. The number of hydrogen-bond acceptors (Lipinski definition) is 5. The van der Waals surface area contributed by atoms with E-state index in [9.17, 15) is 17.9 Å². The Balaban J connectivity index is 1.89. The van der Waals surface area contributed by atoms with Crippen LogP contribution in [0.3, 0.4) is 0 Å². The first-order chi connectivity index (χ1) is 14.0. The first kappa shape index (κ1) is 19.4. The molecule has 5 nitrogen and oxygen atoms in total. The Hall–Kier alpha value is -2.94. The summed E-state index contributed by atoms with van der Waals surface area (Å²) in [5, 5.41) is 6.85. The highest BCUT2D eigenvalue weighted by atomic mass is 32.2. The summed E-state index contributed by atoms with van der Waals surface area (Å²) in [6.45, 7) is 0. The molecule has 8 heteroatoms. The number of halogens is 1. The topological polar surface area (TPSA) is 75.0 Å². The summed E-state index contributed by atoms with van der Waals surface area (Å²) in [6, 6.07) is 16.3. The van der Waals surface area contributed by atoms with Crippen LogP contribution in [0.25, 0.3) is 27.3 Å². The Bertz CT molecular complexity index is 1220. The van der Waals surface area contributed by atoms with Gasteiger partial charge in [0.15, 0.2) is 0 Å². The second-order valence-electron chi connectivity index (χ2n) is 6.25. The molecule has 0 aliphatic rings. The van der Waals surface area contributed by atoms with Gasteiger partial charge in [0.1, 0.15) is 10.8 Å². The van der Waals surface area contributed by atoms with Gasteiger partial charge < -0.3 is 4.55 Å². The maximum absolute atomic E-state index is 13.4. The molecule has 0 fully saturated rings. The van der Waals surface area contributed by atoms with Crippen LogP contribution in [0.1, 0.15) is 5.56 Å². The van der Waals surface area contributed by atoms with Crippen molar-refractivity contribution in [3.05, 3.63) is 94.0 Å². The zero-order valence-corrected chi connectivity index (χ0v) is 16.6. The van der Waals surface area contributed by atoms with Crippen molar-refractivity contribution >= 4 is 22.4 Å². The van der Waals surface area contributed by atoms with Crippen molar-refractivity contribution in [2.45, 2.75) is 5.75 Å². The highest BCUT2D eigenvalue weighted by molar-refractivity contribution is 7.78. The van der Waals surface area contributed by atoms with E-state index in [0.717, 1.165) is 0 Å². The summed E-state index contributed by atoms with van der Waals surface area (Å²) in [4.78, 5) is 13.3. The van der Waals surface area contributed by atoms with Crippen molar-refractivity contribution in [3.63, 3.8) is 0 Å². The van der Waals surface area contributed by atoms with Crippen LogP contribution in [0.2, 0.25) is 0 Å². The summed E-state index contributed by atoms with van der Waals surface area (Å²) in [6.07, 6.45) is 1.60. The van der Waals surface area contributed by atoms with Crippen LogP contribution in [0, 0.1) is 5.82 Å². The maximum atomic E-state index is 13.4. The van der Waals surface area contributed by atoms with Crippen LogP contribution in [-0.4, -0.2) is 18.5 Å². The van der Waals surface area contributed by atoms with Crippen molar-refractivity contribution < 1.29 is 13.2 Å². The highest BCUT2D eigenvalue weighted by Crippen LogP contribution is 2.30. The summed E-state index contributed by atoms with van der Waals surface area (Å²) < 4.78 is 36.6. The summed E-state index contributed by atoms with van der Waals surface area (Å²) in [7, 11) is 0. The van der Waals surface area contributed by atoms with Crippen molar-refractivity contribution in [2.24, 2.45) is 0 Å². The first-order valence-corrected chi connectivity index (χ1v) is 10.7. The third-order valence-corrected chi connectivity index (χ3v) is 5.79. The molecular formula is C21H14FN2O3S2-. The quantitative estimate of drug-likeness (QED) is 0.450. The Morgan fingerprint density at radius 1 is 1.03 bits per heavy atom. The second kappa shape index (κ2) is 8.20. The van der Waals surface area contributed by atoms with Crippen LogP contribution in [0.4, 0.5) is 4.39 Å². The molecule has 2 heterocycles. The van der Waals surface area contributed by atoms with Crippen LogP contribution in [-0.2, 0) is 16.8 Å². The zero-order chi connectivity index (χ0) is 20.4. The Labute approximate surface area is 172 Å². The van der Waals surface area contributed by atoms with Crippen LogP contribution in [0.5, 0.6) is 0 Å². The van der Waals surface area contributed by atoms with Gasteiger partial charge in [-0.3, -0.25) is 9.00 Å². The summed E-state index contributed by atoms with van der Waals surface area (Å²) in [5.41, 5.74) is 2.60. The largest absolute Gasteiger partial charge is 0.772 e. The van der Waals surface area contributed by atoms with Crippen molar-refractivity contribution in [2.75, 3.05) is 0 Å². The Kier molecular flexibility index (Phi) is 5.48. The average Bonchev–Trinajstić information content (AvgIpc) is 3.23. The minimum absolute atomic E-state index is 0.0800. The molecule has 0 radical (unpaired) electrons. The molecule has 0 amide bonds. The predicted molar refractivity (Wildman–Crippen MR) is 111 cm³/mol. The van der Waals surface area contributed by atoms with Gasteiger partial charge in [-0.2, -0.15) is 9.78 Å². The normalized spacial score (nSPS) is 12.1. The van der Waals surface area contributed by atoms with Gasteiger partial charge in [0.25, 0.3) is 5.56 Å². The minimum atomic E-state index is -2.18. The summed E-state index contributed by atoms with van der Waals surface area (Å²) >= 11 is -0.790. The standard InChI is InChI=1S/C21H15FN2O3S2/c22-17-9-7-16(8-10-17)20-18(15-5-3-14(4-6-15)13-29(26)27)12-23-24(21(20)25)19-2-1-11-28-19/h1-12H,13H2,(H,26,27)/p-1. The molecule has 0 bridgehead atoms. The highest BCUT2D eigenvalue weighted by Gasteiger charge is 2.16. The number of nitrogens with zero attached hydrogens (tertiary/aromatic N) is 2. The van der Waals surface area contributed by atoms with Crippen LogP contribution in [0.15, 0.2) is 77.0 Å². The third-order valence-electron chi connectivity index (χ3n) is 4.38. The molecule has 4 aromatic rings. The second-order valence-corrected chi connectivity index (χ2v) is 8.08. The number of hydrogen-bond donors (Lipinski definition) is 0. The molecule has 0 saturated heterocycles. The lowest BCUT2D eigenvalue weighted by atomic mass is 9.97. The number of aromatic nitrogens is 2. The minimum Gasteiger partial charge on any atom is -0.772 e. The van der Waals surface area contributed by atoms with Gasteiger partial charge >= 0.3 is 0 Å². The lowest BCUT2D eigenvalue weighted by Crippen LogP contribution is -2.22. The summed E-state index contributed by atoms with van der Waals surface area (Å²) in [5.74, 6) is -0.471. The third kappa shape index (κ3) is 4.09. The molecule has 0 aliphatic heterocycles. The monoisotopic (exact) mass is 425 g/mol. The average molecular weight is 425 g/mol. The molecule has 2 aromatic carbocycles. The molecule has 2 aromatic heterocycles. The van der Waals surface area contributed by atoms with Gasteiger partial charge in [-0.25, -0.2) is 4.39 Å². The maximum Gasteiger partial charge on any atom is 0.280 e. The number of rotatable bonds is 5. The molecule has 0 aliphatic carbocycles. The van der Waals surface area contributed by atoms with Crippen molar-refractivity contribution in [3.8, 4) is 27.3 Å². The van der Waals surface area contributed by atoms with Gasteiger partial charge in [0.2, 0.25) is 0 Å². The fourth-order valence-electron chi connectivity index (χ4n) is 3.03. The molecular weight excluding hydrogens is 411 g/mol. The number of thiophene rings is 1. The fraction of sp³-hybridized carbons (Fsp3) is 0.0476. The van der Waals surface area contributed by atoms with Gasteiger partial charge in [0, 0.05) is 11.3 Å².